The van der Waals surface area contributed by atoms with Crippen LogP contribution in [-0.2, 0) is 0 Å². The van der Waals surface area contributed by atoms with Crippen molar-refractivity contribution in [2.75, 3.05) is 11.1 Å². The molecule has 0 bridgehead atoms. The van der Waals surface area contributed by atoms with Crippen molar-refractivity contribution in [2.24, 2.45) is 5.92 Å². The fraction of sp³-hybridized carbons (Fsp3) is 0.562. The van der Waals surface area contributed by atoms with Crippen LogP contribution in [0.25, 0.3) is 0 Å². The zero-order valence-corrected chi connectivity index (χ0v) is 12.1. The highest BCUT2D eigenvalue weighted by Gasteiger charge is 2.21. The van der Waals surface area contributed by atoms with Gasteiger partial charge in [-0.3, -0.25) is 0 Å². The Hall–Kier alpha value is -1.71. The van der Waals surface area contributed by atoms with Gasteiger partial charge in [-0.1, -0.05) is 19.8 Å². The zero-order chi connectivity index (χ0) is 14.5. The third-order valence-electron chi connectivity index (χ3n) is 4.18. The predicted octanol–water partition coefficient (Wildman–Crippen LogP) is 3.74. The number of hydrogen-bond donors (Lipinski definition) is 3. The number of carboxylic acid groups (broad SMARTS) is 1. The van der Waals surface area contributed by atoms with E-state index in [2.05, 4.69) is 12.2 Å². The van der Waals surface area contributed by atoms with Gasteiger partial charge in [0.2, 0.25) is 0 Å². The fourth-order valence-electron chi connectivity index (χ4n) is 3.09. The van der Waals surface area contributed by atoms with Gasteiger partial charge in [0.15, 0.2) is 0 Å². The van der Waals surface area contributed by atoms with Crippen LogP contribution in [-0.4, -0.2) is 17.1 Å². The highest BCUT2D eigenvalue weighted by molar-refractivity contribution is 5.95. The topological polar surface area (TPSA) is 75.3 Å². The largest absolute Gasteiger partial charge is 0.478 e. The van der Waals surface area contributed by atoms with Crippen molar-refractivity contribution in [3.05, 3.63) is 23.8 Å². The van der Waals surface area contributed by atoms with Crippen LogP contribution in [0.1, 0.15) is 55.8 Å². The Morgan fingerprint density at radius 2 is 2.05 bits per heavy atom. The molecule has 0 aromatic heterocycles. The average Bonchev–Trinajstić information content (AvgIpc) is 2.43. The molecular formula is C16H24N2O2. The van der Waals surface area contributed by atoms with Crippen molar-refractivity contribution in [3.63, 3.8) is 0 Å². The molecule has 1 aromatic carbocycles. The van der Waals surface area contributed by atoms with Gasteiger partial charge in [0.05, 0.1) is 5.56 Å². The Balaban J connectivity index is 1.99. The van der Waals surface area contributed by atoms with Crippen molar-refractivity contribution in [1.29, 1.82) is 0 Å². The van der Waals surface area contributed by atoms with Crippen molar-refractivity contribution in [2.45, 2.75) is 51.5 Å². The van der Waals surface area contributed by atoms with Crippen molar-refractivity contribution in [3.8, 4) is 0 Å². The minimum absolute atomic E-state index is 0.265. The molecular weight excluding hydrogens is 252 g/mol. The van der Waals surface area contributed by atoms with Crippen LogP contribution in [0.4, 0.5) is 11.4 Å². The highest BCUT2D eigenvalue weighted by Crippen LogP contribution is 2.30. The minimum Gasteiger partial charge on any atom is -0.478 e. The van der Waals surface area contributed by atoms with Crippen LogP contribution < -0.4 is 11.1 Å². The van der Waals surface area contributed by atoms with Crippen LogP contribution >= 0.6 is 0 Å². The lowest BCUT2D eigenvalue weighted by Crippen LogP contribution is -2.27. The monoisotopic (exact) mass is 276 g/mol. The number of carbonyl (C=O) groups is 1. The van der Waals surface area contributed by atoms with Crippen LogP contribution in [0, 0.1) is 5.92 Å². The number of benzene rings is 1. The second kappa shape index (κ2) is 6.64. The van der Waals surface area contributed by atoms with Crippen molar-refractivity contribution in [1.82, 2.24) is 0 Å². The van der Waals surface area contributed by atoms with Crippen LogP contribution in [0.5, 0.6) is 0 Å². The smallest absolute Gasteiger partial charge is 0.337 e. The number of nitrogens with one attached hydrogen (secondary N) is 1. The summed E-state index contributed by atoms with van der Waals surface area (Å²) in [7, 11) is 0. The predicted molar refractivity (Wildman–Crippen MR) is 82.1 cm³/mol. The van der Waals surface area contributed by atoms with Gasteiger partial charge in [-0.25, -0.2) is 4.79 Å². The summed E-state index contributed by atoms with van der Waals surface area (Å²) in [5, 5.41) is 12.6. The zero-order valence-electron chi connectivity index (χ0n) is 12.1. The molecule has 20 heavy (non-hydrogen) atoms. The summed E-state index contributed by atoms with van der Waals surface area (Å²) in [4.78, 5) is 11.3. The molecule has 0 amide bonds. The van der Waals surface area contributed by atoms with Gasteiger partial charge in [-0.05, 0) is 49.8 Å². The van der Waals surface area contributed by atoms with E-state index in [1.807, 2.05) is 0 Å². The second-order valence-corrected chi connectivity index (χ2v) is 5.76. The first-order valence-electron chi connectivity index (χ1n) is 7.49. The molecule has 1 saturated carbocycles. The van der Waals surface area contributed by atoms with E-state index in [0.29, 0.717) is 17.4 Å². The maximum atomic E-state index is 11.3. The average molecular weight is 276 g/mol. The van der Waals surface area contributed by atoms with Gasteiger partial charge in [0.25, 0.3) is 0 Å². The molecule has 0 unspecified atom stereocenters. The summed E-state index contributed by atoms with van der Waals surface area (Å²) in [6, 6.07) is 5.42. The van der Waals surface area contributed by atoms with Gasteiger partial charge in [0.1, 0.15) is 0 Å². The standard InChI is InChI=1S/C16H24N2O2/c1-2-3-11-4-7-13(8-5-11)18-15-9-6-12(17)10-14(15)16(19)20/h6,9-11,13,18H,2-5,7-8,17H2,1H3,(H,19,20). The number of rotatable bonds is 5. The molecule has 1 aliphatic rings. The lowest BCUT2D eigenvalue weighted by atomic mass is 9.83. The number of nitrogens with two attached hydrogens (primary N) is 1. The molecule has 110 valence electrons. The fourth-order valence-corrected chi connectivity index (χ4v) is 3.09. The number of nitrogen functional groups attached to an aromatic ring is 1. The summed E-state index contributed by atoms with van der Waals surface area (Å²) in [5.74, 6) is -0.0807. The van der Waals surface area contributed by atoms with Gasteiger partial charge in [-0.15, -0.1) is 0 Å². The maximum Gasteiger partial charge on any atom is 0.337 e. The van der Waals surface area contributed by atoms with E-state index >= 15 is 0 Å². The molecule has 0 atom stereocenters. The molecule has 0 saturated heterocycles. The molecule has 1 fully saturated rings. The highest BCUT2D eigenvalue weighted by atomic mass is 16.4. The Bertz CT molecular complexity index is 466. The van der Waals surface area contributed by atoms with E-state index in [1.54, 1.807) is 12.1 Å². The molecule has 4 nitrogen and oxygen atoms in total. The minimum atomic E-state index is -0.931. The second-order valence-electron chi connectivity index (χ2n) is 5.76. The van der Waals surface area contributed by atoms with E-state index in [1.165, 1.54) is 31.7 Å². The molecule has 4 N–H and O–H groups in total. The molecule has 0 aliphatic heterocycles. The summed E-state index contributed by atoms with van der Waals surface area (Å²) in [6.45, 7) is 2.23. The molecule has 0 radical (unpaired) electrons. The van der Waals surface area contributed by atoms with E-state index in [4.69, 9.17) is 5.73 Å². The lowest BCUT2D eigenvalue weighted by molar-refractivity contribution is 0.0698. The van der Waals surface area contributed by atoms with Gasteiger partial charge >= 0.3 is 5.97 Å². The van der Waals surface area contributed by atoms with Crippen molar-refractivity contribution >= 4 is 17.3 Å². The summed E-state index contributed by atoms with van der Waals surface area (Å²) >= 11 is 0. The van der Waals surface area contributed by atoms with E-state index in [0.717, 1.165) is 18.8 Å². The first-order chi connectivity index (χ1) is 9.60. The summed E-state index contributed by atoms with van der Waals surface area (Å²) < 4.78 is 0. The summed E-state index contributed by atoms with van der Waals surface area (Å²) in [5.41, 5.74) is 7.09. The molecule has 0 spiro atoms. The lowest BCUT2D eigenvalue weighted by Gasteiger charge is -2.30. The Kier molecular flexibility index (Phi) is 4.88. The van der Waals surface area contributed by atoms with E-state index in [-0.39, 0.29) is 5.56 Å². The van der Waals surface area contributed by atoms with Gasteiger partial charge in [-0.2, -0.15) is 0 Å². The van der Waals surface area contributed by atoms with Crippen LogP contribution in [0.2, 0.25) is 0 Å². The molecule has 4 heteroatoms. The van der Waals surface area contributed by atoms with E-state index < -0.39 is 5.97 Å². The van der Waals surface area contributed by atoms with Crippen LogP contribution in [0.3, 0.4) is 0 Å². The molecule has 0 heterocycles. The Morgan fingerprint density at radius 1 is 1.35 bits per heavy atom. The molecule has 2 rings (SSSR count). The number of hydrogen-bond acceptors (Lipinski definition) is 3. The van der Waals surface area contributed by atoms with Gasteiger partial charge < -0.3 is 16.2 Å². The third kappa shape index (κ3) is 3.65. The maximum absolute atomic E-state index is 11.3. The Morgan fingerprint density at radius 3 is 2.65 bits per heavy atom. The first kappa shape index (κ1) is 14.7. The number of anilines is 2. The Labute approximate surface area is 120 Å². The molecule has 1 aromatic rings. The van der Waals surface area contributed by atoms with Gasteiger partial charge in [0, 0.05) is 17.4 Å². The first-order valence-corrected chi connectivity index (χ1v) is 7.49. The summed E-state index contributed by atoms with van der Waals surface area (Å²) in [6.07, 6.45) is 7.28. The van der Waals surface area contributed by atoms with E-state index in [9.17, 15) is 9.90 Å². The quantitative estimate of drug-likeness (QED) is 0.716. The number of carboxylic acids is 1. The van der Waals surface area contributed by atoms with Crippen molar-refractivity contribution < 1.29 is 9.90 Å². The molecule has 1 aliphatic carbocycles. The third-order valence-corrected chi connectivity index (χ3v) is 4.18. The number of aromatic carboxylic acids is 1. The normalized spacial score (nSPS) is 22.4. The SMILES string of the molecule is CCCC1CCC(Nc2ccc(N)cc2C(=O)O)CC1. The van der Waals surface area contributed by atoms with Crippen LogP contribution in [0.15, 0.2) is 18.2 Å².